The molecule has 1 fully saturated rings. The molecule has 0 spiro atoms. The number of nitrogens with zero attached hydrogens (tertiary/aromatic N) is 1. The van der Waals surface area contributed by atoms with E-state index in [1.54, 1.807) is 7.11 Å². The third kappa shape index (κ3) is 5.65. The Labute approximate surface area is 112 Å². The third-order valence-corrected chi connectivity index (χ3v) is 3.43. The predicted molar refractivity (Wildman–Crippen MR) is 75.0 cm³/mol. The summed E-state index contributed by atoms with van der Waals surface area (Å²) in [6.45, 7) is 12.4. The van der Waals surface area contributed by atoms with E-state index in [9.17, 15) is 0 Å². The number of hydrogen-bond donors (Lipinski definition) is 1. The molecule has 1 aliphatic rings. The lowest BCUT2D eigenvalue weighted by Crippen LogP contribution is -2.52. The summed E-state index contributed by atoms with van der Waals surface area (Å²) in [5.41, 5.74) is 0. The lowest BCUT2D eigenvalue weighted by Gasteiger charge is -2.38. The van der Waals surface area contributed by atoms with E-state index in [2.05, 4.69) is 31.0 Å². The molecule has 0 radical (unpaired) electrons. The van der Waals surface area contributed by atoms with Crippen molar-refractivity contribution in [2.75, 3.05) is 46.5 Å². The van der Waals surface area contributed by atoms with Crippen molar-refractivity contribution in [1.29, 1.82) is 0 Å². The molecule has 108 valence electrons. The first-order valence-corrected chi connectivity index (χ1v) is 7.22. The fourth-order valence-corrected chi connectivity index (χ4v) is 2.35. The molecule has 1 N–H and O–H groups in total. The Morgan fingerprint density at radius 1 is 1.39 bits per heavy atom. The van der Waals surface area contributed by atoms with Crippen LogP contribution in [-0.2, 0) is 9.47 Å². The second kappa shape index (κ2) is 8.86. The SMILES string of the molecule is CCC1CN(C(CNCC(C)C)COC)CCO1. The second-order valence-electron chi connectivity index (χ2n) is 5.56. The van der Waals surface area contributed by atoms with Gasteiger partial charge in [-0.3, -0.25) is 4.90 Å². The van der Waals surface area contributed by atoms with E-state index >= 15 is 0 Å². The molecule has 0 aromatic heterocycles. The lowest BCUT2D eigenvalue weighted by atomic mass is 10.1. The van der Waals surface area contributed by atoms with E-state index in [1.165, 1.54) is 0 Å². The zero-order chi connectivity index (χ0) is 13.4. The first-order chi connectivity index (χ1) is 8.67. The van der Waals surface area contributed by atoms with E-state index in [0.29, 0.717) is 18.1 Å². The van der Waals surface area contributed by atoms with Crippen LogP contribution in [0.1, 0.15) is 27.2 Å². The van der Waals surface area contributed by atoms with Crippen molar-refractivity contribution in [1.82, 2.24) is 10.2 Å². The van der Waals surface area contributed by atoms with Gasteiger partial charge < -0.3 is 14.8 Å². The summed E-state index contributed by atoms with van der Waals surface area (Å²) < 4.78 is 11.1. The maximum atomic E-state index is 5.73. The van der Waals surface area contributed by atoms with E-state index in [-0.39, 0.29) is 0 Å². The first-order valence-electron chi connectivity index (χ1n) is 7.22. The van der Waals surface area contributed by atoms with Crippen molar-refractivity contribution < 1.29 is 9.47 Å². The highest BCUT2D eigenvalue weighted by Gasteiger charge is 2.25. The van der Waals surface area contributed by atoms with Gasteiger partial charge in [0.1, 0.15) is 0 Å². The van der Waals surface area contributed by atoms with Crippen LogP contribution >= 0.6 is 0 Å². The summed E-state index contributed by atoms with van der Waals surface area (Å²) in [6, 6.07) is 0.465. The van der Waals surface area contributed by atoms with Crippen LogP contribution in [0.15, 0.2) is 0 Å². The van der Waals surface area contributed by atoms with E-state index < -0.39 is 0 Å². The Balaban J connectivity index is 2.39. The molecule has 2 unspecified atom stereocenters. The molecule has 4 nitrogen and oxygen atoms in total. The maximum Gasteiger partial charge on any atom is 0.0700 e. The Morgan fingerprint density at radius 3 is 2.78 bits per heavy atom. The largest absolute Gasteiger partial charge is 0.383 e. The fourth-order valence-electron chi connectivity index (χ4n) is 2.35. The zero-order valence-corrected chi connectivity index (χ0v) is 12.4. The quantitative estimate of drug-likeness (QED) is 0.713. The fraction of sp³-hybridized carbons (Fsp3) is 1.00. The molecule has 0 amide bonds. The average molecular weight is 258 g/mol. The summed E-state index contributed by atoms with van der Waals surface area (Å²) in [6.07, 6.45) is 1.48. The number of ether oxygens (including phenoxy) is 2. The van der Waals surface area contributed by atoms with E-state index in [1.807, 2.05) is 0 Å². The molecule has 0 bridgehead atoms. The van der Waals surface area contributed by atoms with Gasteiger partial charge in [-0.2, -0.15) is 0 Å². The van der Waals surface area contributed by atoms with Crippen molar-refractivity contribution in [3.63, 3.8) is 0 Å². The van der Waals surface area contributed by atoms with Gasteiger partial charge in [-0.1, -0.05) is 20.8 Å². The summed E-state index contributed by atoms with van der Waals surface area (Å²) in [4.78, 5) is 2.51. The number of nitrogens with one attached hydrogen (secondary N) is 1. The molecule has 0 saturated carbocycles. The van der Waals surface area contributed by atoms with Gasteiger partial charge >= 0.3 is 0 Å². The molecule has 1 rings (SSSR count). The Kier molecular flexibility index (Phi) is 7.82. The van der Waals surface area contributed by atoms with Gasteiger partial charge in [-0.25, -0.2) is 0 Å². The molecular weight excluding hydrogens is 228 g/mol. The summed E-state index contributed by atoms with van der Waals surface area (Å²) in [7, 11) is 1.78. The van der Waals surface area contributed by atoms with Gasteiger partial charge in [0.15, 0.2) is 0 Å². The topological polar surface area (TPSA) is 33.7 Å². The van der Waals surface area contributed by atoms with E-state index in [4.69, 9.17) is 9.47 Å². The number of hydrogen-bond acceptors (Lipinski definition) is 4. The third-order valence-electron chi connectivity index (χ3n) is 3.43. The highest BCUT2D eigenvalue weighted by atomic mass is 16.5. The Hall–Kier alpha value is -0.160. The van der Waals surface area contributed by atoms with Crippen LogP contribution in [0.25, 0.3) is 0 Å². The van der Waals surface area contributed by atoms with Crippen LogP contribution in [0, 0.1) is 5.92 Å². The molecule has 0 aromatic rings. The van der Waals surface area contributed by atoms with Gasteiger partial charge in [0.2, 0.25) is 0 Å². The average Bonchev–Trinajstić information content (AvgIpc) is 2.37. The van der Waals surface area contributed by atoms with Gasteiger partial charge in [0.05, 0.1) is 19.3 Å². The Morgan fingerprint density at radius 2 is 2.17 bits per heavy atom. The van der Waals surface area contributed by atoms with Crippen molar-refractivity contribution in [3.05, 3.63) is 0 Å². The van der Waals surface area contributed by atoms with Crippen molar-refractivity contribution in [3.8, 4) is 0 Å². The standard InChI is InChI=1S/C14H30N2O2/c1-5-14-10-16(6-7-18-14)13(11-17-4)9-15-8-12(2)3/h12-15H,5-11H2,1-4H3. The summed E-state index contributed by atoms with van der Waals surface area (Å²) in [5, 5.41) is 3.54. The second-order valence-corrected chi connectivity index (χ2v) is 5.56. The molecule has 0 aromatic carbocycles. The minimum atomic E-state index is 0.392. The smallest absolute Gasteiger partial charge is 0.0700 e. The summed E-state index contributed by atoms with van der Waals surface area (Å²) in [5.74, 6) is 0.696. The van der Waals surface area contributed by atoms with Gasteiger partial charge in [-0.15, -0.1) is 0 Å². The molecule has 1 saturated heterocycles. The number of methoxy groups -OCH3 is 1. The molecule has 2 atom stereocenters. The maximum absolute atomic E-state index is 5.73. The van der Waals surface area contributed by atoms with Crippen LogP contribution < -0.4 is 5.32 Å². The van der Waals surface area contributed by atoms with Gasteiger partial charge in [0, 0.05) is 32.8 Å². The molecule has 18 heavy (non-hydrogen) atoms. The van der Waals surface area contributed by atoms with Crippen molar-refractivity contribution in [2.24, 2.45) is 5.92 Å². The van der Waals surface area contributed by atoms with Crippen molar-refractivity contribution in [2.45, 2.75) is 39.3 Å². The normalized spacial score (nSPS) is 23.5. The predicted octanol–water partition coefficient (Wildman–Crippen LogP) is 1.36. The van der Waals surface area contributed by atoms with Gasteiger partial charge in [0.25, 0.3) is 0 Å². The molecule has 1 heterocycles. The van der Waals surface area contributed by atoms with Crippen LogP contribution in [-0.4, -0.2) is 63.5 Å². The van der Waals surface area contributed by atoms with E-state index in [0.717, 1.165) is 45.8 Å². The van der Waals surface area contributed by atoms with Crippen LogP contribution in [0.4, 0.5) is 0 Å². The molecule has 1 aliphatic heterocycles. The highest BCUT2D eigenvalue weighted by Crippen LogP contribution is 2.11. The summed E-state index contributed by atoms with van der Waals surface area (Å²) >= 11 is 0. The van der Waals surface area contributed by atoms with Crippen LogP contribution in [0.5, 0.6) is 0 Å². The number of morpholine rings is 1. The highest BCUT2D eigenvalue weighted by molar-refractivity contribution is 4.79. The van der Waals surface area contributed by atoms with Gasteiger partial charge in [-0.05, 0) is 18.9 Å². The first kappa shape index (κ1) is 15.9. The van der Waals surface area contributed by atoms with Crippen LogP contribution in [0.3, 0.4) is 0 Å². The molecule has 0 aliphatic carbocycles. The van der Waals surface area contributed by atoms with Crippen LogP contribution in [0.2, 0.25) is 0 Å². The monoisotopic (exact) mass is 258 g/mol. The van der Waals surface area contributed by atoms with Crippen molar-refractivity contribution >= 4 is 0 Å². The molecular formula is C14H30N2O2. The minimum Gasteiger partial charge on any atom is -0.383 e. The molecule has 4 heteroatoms. The minimum absolute atomic E-state index is 0.392. The Bertz CT molecular complexity index is 212. The zero-order valence-electron chi connectivity index (χ0n) is 12.4. The lowest BCUT2D eigenvalue weighted by molar-refractivity contribution is -0.0541. The number of rotatable bonds is 8.